The zero-order valence-corrected chi connectivity index (χ0v) is 12.3. The number of hydrogen-bond acceptors (Lipinski definition) is 7. The molecule has 0 aliphatic carbocycles. The van der Waals surface area contributed by atoms with E-state index in [-0.39, 0.29) is 16.9 Å². The van der Waals surface area contributed by atoms with E-state index in [1.54, 1.807) is 12.1 Å². The van der Waals surface area contributed by atoms with Gasteiger partial charge in [0.2, 0.25) is 0 Å². The number of aromatic nitrogens is 2. The van der Waals surface area contributed by atoms with Crippen molar-refractivity contribution in [2.24, 2.45) is 10.9 Å². The van der Waals surface area contributed by atoms with Gasteiger partial charge < -0.3 is 10.2 Å². The van der Waals surface area contributed by atoms with Gasteiger partial charge in [0.1, 0.15) is 22.6 Å². The maximum Gasteiger partial charge on any atom is 0.334 e. The predicted molar refractivity (Wildman–Crippen MR) is 79.5 cm³/mol. The number of rotatable bonds is 4. The lowest BCUT2D eigenvalue weighted by molar-refractivity contribution is -0.140. The molecule has 3 rings (SSSR count). The number of aliphatic carboxylic acids is 2. The minimum absolute atomic E-state index is 0.132. The fourth-order valence-electron chi connectivity index (χ4n) is 2.95. The Morgan fingerprint density at radius 1 is 1.25 bits per heavy atom. The molecule has 122 valence electrons. The summed E-state index contributed by atoms with van der Waals surface area (Å²) in [6, 6.07) is 4.72. The van der Waals surface area contributed by atoms with Crippen LogP contribution < -0.4 is 0 Å². The van der Waals surface area contributed by atoms with Crippen LogP contribution in [-0.4, -0.2) is 44.5 Å². The molecule has 1 aliphatic heterocycles. The van der Waals surface area contributed by atoms with Crippen molar-refractivity contribution in [3.05, 3.63) is 35.0 Å². The van der Waals surface area contributed by atoms with Gasteiger partial charge in [0, 0.05) is 11.6 Å². The molecule has 9 nitrogen and oxygen atoms in total. The zero-order chi connectivity index (χ0) is 17.4. The van der Waals surface area contributed by atoms with E-state index in [1.807, 2.05) is 0 Å². The third-order valence-electron chi connectivity index (χ3n) is 3.93. The summed E-state index contributed by atoms with van der Waals surface area (Å²) >= 11 is 0. The number of aldehydes is 1. The lowest BCUT2D eigenvalue weighted by atomic mass is 9.75. The molecule has 0 saturated heterocycles. The molecule has 2 aromatic rings. The van der Waals surface area contributed by atoms with Gasteiger partial charge in [-0.15, -0.1) is 0 Å². The van der Waals surface area contributed by atoms with Crippen LogP contribution in [0.5, 0.6) is 0 Å². The van der Waals surface area contributed by atoms with Gasteiger partial charge in [0.15, 0.2) is 6.29 Å². The number of carbonyl (C=O) groups is 3. The second-order valence-electron chi connectivity index (χ2n) is 5.25. The van der Waals surface area contributed by atoms with Crippen LogP contribution in [0.2, 0.25) is 0 Å². The van der Waals surface area contributed by atoms with Gasteiger partial charge in [-0.05, 0) is 28.9 Å². The molecule has 2 heterocycles. The molecule has 0 spiro atoms. The third kappa shape index (κ3) is 2.26. The summed E-state index contributed by atoms with van der Waals surface area (Å²) in [5.74, 6) is -5.06. The SMILES string of the molecule is CC1=NC(C=O)=C(C(=O)O)C(c2cccc3nonc23)C1C(=O)O. The van der Waals surface area contributed by atoms with Crippen molar-refractivity contribution in [3.8, 4) is 0 Å². The molecule has 2 unspecified atom stereocenters. The standard InChI is InChI=1S/C15H11N3O6/c1-6-10(14(20)21)11(12(15(22)23)9(5-19)16-6)7-3-2-4-8-13(7)18-24-17-8/h2-5,10-11H,1H3,(H,20,21)(H,22,23). The van der Waals surface area contributed by atoms with E-state index in [1.165, 1.54) is 13.0 Å². The van der Waals surface area contributed by atoms with Gasteiger partial charge in [-0.3, -0.25) is 14.6 Å². The summed E-state index contributed by atoms with van der Waals surface area (Å²) in [5, 5.41) is 26.5. The Bertz CT molecular complexity index is 926. The Balaban J connectivity index is 2.34. The number of hydrogen-bond donors (Lipinski definition) is 2. The van der Waals surface area contributed by atoms with Gasteiger partial charge in [-0.25, -0.2) is 9.42 Å². The van der Waals surface area contributed by atoms with Crippen molar-refractivity contribution < 1.29 is 29.2 Å². The lowest BCUT2D eigenvalue weighted by Crippen LogP contribution is -2.35. The minimum atomic E-state index is -1.42. The summed E-state index contributed by atoms with van der Waals surface area (Å²) in [6.07, 6.45) is 0.305. The fraction of sp³-hybridized carbons (Fsp3) is 0.200. The normalized spacial score (nSPS) is 20.8. The van der Waals surface area contributed by atoms with E-state index < -0.39 is 29.3 Å². The molecule has 1 aromatic carbocycles. The molecular weight excluding hydrogens is 318 g/mol. The topological polar surface area (TPSA) is 143 Å². The van der Waals surface area contributed by atoms with Gasteiger partial charge >= 0.3 is 11.9 Å². The summed E-state index contributed by atoms with van der Waals surface area (Å²) in [7, 11) is 0. The van der Waals surface area contributed by atoms with Crippen LogP contribution in [0.3, 0.4) is 0 Å². The van der Waals surface area contributed by atoms with Gasteiger partial charge in [0.05, 0.1) is 5.57 Å². The smallest absolute Gasteiger partial charge is 0.334 e. The van der Waals surface area contributed by atoms with Crippen molar-refractivity contribution in [2.45, 2.75) is 12.8 Å². The molecule has 0 bridgehead atoms. The van der Waals surface area contributed by atoms with E-state index in [0.717, 1.165) is 0 Å². The van der Waals surface area contributed by atoms with Crippen LogP contribution in [0, 0.1) is 5.92 Å². The minimum Gasteiger partial charge on any atom is -0.481 e. The number of carbonyl (C=O) groups excluding carboxylic acids is 1. The number of allylic oxidation sites excluding steroid dienone is 1. The summed E-state index contributed by atoms with van der Waals surface area (Å²) in [4.78, 5) is 38.6. The molecule has 2 atom stereocenters. The Morgan fingerprint density at radius 2 is 2.00 bits per heavy atom. The fourth-order valence-corrected chi connectivity index (χ4v) is 2.95. The highest BCUT2D eigenvalue weighted by atomic mass is 16.6. The lowest BCUT2D eigenvalue weighted by Gasteiger charge is -2.29. The Kier molecular flexibility index (Phi) is 3.68. The van der Waals surface area contributed by atoms with E-state index in [9.17, 15) is 24.6 Å². The highest BCUT2D eigenvalue weighted by molar-refractivity contribution is 6.09. The second-order valence-corrected chi connectivity index (χ2v) is 5.25. The van der Waals surface area contributed by atoms with Crippen LogP contribution in [0.1, 0.15) is 18.4 Å². The highest BCUT2D eigenvalue weighted by Gasteiger charge is 2.43. The number of benzene rings is 1. The Labute approximate surface area is 134 Å². The van der Waals surface area contributed by atoms with Crippen molar-refractivity contribution >= 4 is 35.0 Å². The zero-order valence-electron chi connectivity index (χ0n) is 12.3. The Morgan fingerprint density at radius 3 is 2.62 bits per heavy atom. The molecule has 24 heavy (non-hydrogen) atoms. The van der Waals surface area contributed by atoms with Crippen molar-refractivity contribution in [2.75, 3.05) is 0 Å². The summed E-state index contributed by atoms with van der Waals surface area (Å²) in [6.45, 7) is 1.44. The molecule has 9 heteroatoms. The van der Waals surface area contributed by atoms with Crippen molar-refractivity contribution in [1.29, 1.82) is 0 Å². The van der Waals surface area contributed by atoms with Gasteiger partial charge in [-0.2, -0.15) is 0 Å². The molecule has 1 aromatic heterocycles. The molecule has 0 fully saturated rings. The average molecular weight is 329 g/mol. The maximum absolute atomic E-state index is 11.7. The van der Waals surface area contributed by atoms with E-state index in [0.29, 0.717) is 17.4 Å². The van der Waals surface area contributed by atoms with E-state index in [2.05, 4.69) is 19.9 Å². The van der Waals surface area contributed by atoms with Crippen molar-refractivity contribution in [1.82, 2.24) is 10.3 Å². The van der Waals surface area contributed by atoms with Crippen LogP contribution >= 0.6 is 0 Å². The molecular formula is C15H11N3O6. The van der Waals surface area contributed by atoms with Crippen LogP contribution in [0.15, 0.2) is 39.1 Å². The largest absolute Gasteiger partial charge is 0.481 e. The first-order valence-corrected chi connectivity index (χ1v) is 6.87. The Hall–Kier alpha value is -3.36. The number of aliphatic imine (C=N–C) groups is 1. The molecule has 2 N–H and O–H groups in total. The first-order valence-electron chi connectivity index (χ1n) is 6.87. The van der Waals surface area contributed by atoms with Gasteiger partial charge in [-0.1, -0.05) is 12.1 Å². The molecule has 0 saturated carbocycles. The summed E-state index contributed by atoms with van der Waals surface area (Å²) in [5.41, 5.74) is 0.330. The van der Waals surface area contributed by atoms with E-state index in [4.69, 9.17) is 0 Å². The van der Waals surface area contributed by atoms with E-state index >= 15 is 0 Å². The highest BCUT2D eigenvalue weighted by Crippen LogP contribution is 2.40. The predicted octanol–water partition coefficient (Wildman–Crippen LogP) is 1.02. The number of carboxylic acids is 2. The molecule has 0 radical (unpaired) electrons. The number of nitrogens with zero attached hydrogens (tertiary/aromatic N) is 3. The number of carboxylic acid groups (broad SMARTS) is 2. The molecule has 1 aliphatic rings. The van der Waals surface area contributed by atoms with Crippen LogP contribution in [0.4, 0.5) is 0 Å². The van der Waals surface area contributed by atoms with Crippen LogP contribution in [0.25, 0.3) is 11.0 Å². The first-order chi connectivity index (χ1) is 11.5. The third-order valence-corrected chi connectivity index (χ3v) is 3.93. The number of fused-ring (bicyclic) bond motifs is 1. The van der Waals surface area contributed by atoms with Gasteiger partial charge in [0.25, 0.3) is 0 Å². The second kappa shape index (κ2) is 5.69. The summed E-state index contributed by atoms with van der Waals surface area (Å²) < 4.78 is 4.66. The average Bonchev–Trinajstić information content (AvgIpc) is 3.01. The first kappa shape index (κ1) is 15.5. The monoisotopic (exact) mass is 329 g/mol. The van der Waals surface area contributed by atoms with Crippen LogP contribution in [-0.2, 0) is 14.4 Å². The quantitative estimate of drug-likeness (QED) is 0.791. The molecule has 0 amide bonds. The van der Waals surface area contributed by atoms with Crippen molar-refractivity contribution in [3.63, 3.8) is 0 Å². The maximum atomic E-state index is 11.7.